The van der Waals surface area contributed by atoms with Gasteiger partial charge in [0.25, 0.3) is 17.5 Å². The molecule has 0 unspecified atom stereocenters. The molecule has 0 atom stereocenters. The number of hydrogen-bond donors (Lipinski definition) is 2. The lowest BCUT2D eigenvalue weighted by atomic mass is 10.1. The van der Waals surface area contributed by atoms with Crippen molar-refractivity contribution in [1.29, 1.82) is 0 Å². The van der Waals surface area contributed by atoms with Gasteiger partial charge in [-0.15, -0.1) is 0 Å². The molecule has 0 bridgehead atoms. The van der Waals surface area contributed by atoms with Crippen LogP contribution in [0.25, 0.3) is 6.08 Å². The van der Waals surface area contributed by atoms with Gasteiger partial charge in [0, 0.05) is 11.6 Å². The summed E-state index contributed by atoms with van der Waals surface area (Å²) in [7, 11) is 1.12. The SMILES string of the molecule is COc1c(C=C2C(=O)NC(=S)NC2=O)cc([N+](=O)[O-])cc1[N+](=O)[O-]. The second-order valence-electron chi connectivity index (χ2n) is 4.40. The van der Waals surface area contributed by atoms with Crippen molar-refractivity contribution in [3.8, 4) is 5.75 Å². The zero-order valence-electron chi connectivity index (χ0n) is 11.9. The molecule has 0 radical (unpaired) electrons. The Labute approximate surface area is 138 Å². The number of thiocarbonyl (C=S) groups is 1. The summed E-state index contributed by atoms with van der Waals surface area (Å²) in [6.45, 7) is 0. The van der Waals surface area contributed by atoms with Crippen LogP contribution in [0.15, 0.2) is 17.7 Å². The molecule has 1 aliphatic rings. The molecule has 0 saturated carbocycles. The van der Waals surface area contributed by atoms with E-state index in [0.717, 1.165) is 25.3 Å². The number of non-ortho nitro benzene ring substituents is 1. The number of nitro groups is 2. The number of methoxy groups -OCH3 is 1. The van der Waals surface area contributed by atoms with Gasteiger partial charge in [-0.05, 0) is 18.3 Å². The Balaban J connectivity index is 2.68. The van der Waals surface area contributed by atoms with Gasteiger partial charge < -0.3 is 4.74 Å². The first-order chi connectivity index (χ1) is 11.2. The lowest BCUT2D eigenvalue weighted by Crippen LogP contribution is -2.51. The number of nitro benzene ring substituents is 2. The quantitative estimate of drug-likeness (QED) is 0.260. The Kier molecular flexibility index (Phi) is 4.50. The molecule has 1 aromatic carbocycles. The number of carbonyl (C=O) groups excluding carboxylic acids is 2. The predicted octanol–water partition coefficient (Wildman–Crippen LogP) is 0.426. The average molecular weight is 352 g/mol. The first-order valence-electron chi connectivity index (χ1n) is 6.13. The second-order valence-corrected chi connectivity index (χ2v) is 4.81. The maximum absolute atomic E-state index is 11.8. The van der Waals surface area contributed by atoms with E-state index >= 15 is 0 Å². The summed E-state index contributed by atoms with van der Waals surface area (Å²) >= 11 is 4.64. The third kappa shape index (κ3) is 3.17. The second kappa shape index (κ2) is 6.37. The van der Waals surface area contributed by atoms with E-state index in [1.54, 1.807) is 0 Å². The van der Waals surface area contributed by atoms with Crippen molar-refractivity contribution < 1.29 is 24.2 Å². The Bertz CT molecular complexity index is 811. The lowest BCUT2D eigenvalue weighted by Gasteiger charge is -2.16. The Morgan fingerprint density at radius 3 is 2.17 bits per heavy atom. The lowest BCUT2D eigenvalue weighted by molar-refractivity contribution is -0.394. The predicted molar refractivity (Wildman–Crippen MR) is 83.2 cm³/mol. The summed E-state index contributed by atoms with van der Waals surface area (Å²) in [4.78, 5) is 43.9. The minimum atomic E-state index is -0.871. The molecule has 24 heavy (non-hydrogen) atoms. The Morgan fingerprint density at radius 2 is 1.71 bits per heavy atom. The van der Waals surface area contributed by atoms with Crippen LogP contribution in [0.4, 0.5) is 11.4 Å². The van der Waals surface area contributed by atoms with E-state index in [4.69, 9.17) is 4.74 Å². The smallest absolute Gasteiger partial charge is 0.318 e. The normalized spacial score (nSPS) is 13.9. The van der Waals surface area contributed by atoms with E-state index in [0.29, 0.717) is 0 Å². The third-order valence-electron chi connectivity index (χ3n) is 2.94. The zero-order chi connectivity index (χ0) is 18.0. The van der Waals surface area contributed by atoms with Crippen LogP contribution in [0.2, 0.25) is 0 Å². The van der Waals surface area contributed by atoms with Gasteiger partial charge >= 0.3 is 5.69 Å². The van der Waals surface area contributed by atoms with Gasteiger partial charge in [0.1, 0.15) is 5.57 Å². The molecule has 1 aromatic rings. The molecule has 2 rings (SSSR count). The highest BCUT2D eigenvalue weighted by molar-refractivity contribution is 7.80. The minimum Gasteiger partial charge on any atom is -0.490 e. The average Bonchev–Trinajstić information content (AvgIpc) is 2.49. The van der Waals surface area contributed by atoms with Gasteiger partial charge in [0.05, 0.1) is 23.0 Å². The van der Waals surface area contributed by atoms with Crippen molar-refractivity contribution >= 4 is 46.6 Å². The summed E-state index contributed by atoms with van der Waals surface area (Å²) in [5, 5.41) is 26.2. The summed E-state index contributed by atoms with van der Waals surface area (Å²) in [6.07, 6.45) is 0.950. The van der Waals surface area contributed by atoms with Crippen LogP contribution in [-0.2, 0) is 9.59 Å². The largest absolute Gasteiger partial charge is 0.490 e. The maximum atomic E-state index is 11.8. The summed E-state index contributed by atoms with van der Waals surface area (Å²) in [6, 6.07) is 1.67. The van der Waals surface area contributed by atoms with Crippen molar-refractivity contribution in [2.24, 2.45) is 0 Å². The van der Waals surface area contributed by atoms with Gasteiger partial charge in [0.2, 0.25) is 5.75 Å². The Hall–Kier alpha value is -3.41. The maximum Gasteiger partial charge on any atom is 0.318 e. The van der Waals surface area contributed by atoms with E-state index in [-0.39, 0.29) is 16.4 Å². The summed E-state index contributed by atoms with van der Waals surface area (Å²) in [5.41, 5.74) is -1.88. The fraction of sp³-hybridized carbons (Fsp3) is 0.0833. The first kappa shape index (κ1) is 17.0. The van der Waals surface area contributed by atoms with Crippen molar-refractivity contribution in [2.45, 2.75) is 0 Å². The molecular formula is C12H8N4O7S. The number of hydrogen-bond acceptors (Lipinski definition) is 8. The molecule has 12 heteroatoms. The van der Waals surface area contributed by atoms with Crippen LogP contribution in [0.1, 0.15) is 5.56 Å². The molecule has 0 spiro atoms. The molecular weight excluding hydrogens is 344 g/mol. The van der Waals surface area contributed by atoms with Gasteiger partial charge in [-0.25, -0.2) is 0 Å². The van der Waals surface area contributed by atoms with Gasteiger partial charge in [0.15, 0.2) is 5.11 Å². The van der Waals surface area contributed by atoms with E-state index in [2.05, 4.69) is 22.9 Å². The molecule has 0 aliphatic carbocycles. The molecule has 0 aromatic heterocycles. The molecule has 1 heterocycles. The van der Waals surface area contributed by atoms with Crippen molar-refractivity contribution in [1.82, 2.24) is 10.6 Å². The van der Waals surface area contributed by atoms with Gasteiger partial charge in [-0.1, -0.05) is 0 Å². The molecule has 1 aliphatic heterocycles. The van der Waals surface area contributed by atoms with Crippen LogP contribution >= 0.6 is 12.2 Å². The van der Waals surface area contributed by atoms with Crippen molar-refractivity contribution in [2.75, 3.05) is 7.11 Å². The first-order valence-corrected chi connectivity index (χ1v) is 6.54. The highest BCUT2D eigenvalue weighted by Crippen LogP contribution is 2.36. The monoisotopic (exact) mass is 352 g/mol. The highest BCUT2D eigenvalue weighted by Gasteiger charge is 2.29. The van der Waals surface area contributed by atoms with Crippen LogP contribution < -0.4 is 15.4 Å². The number of rotatable bonds is 4. The van der Waals surface area contributed by atoms with Crippen LogP contribution in [0.3, 0.4) is 0 Å². The molecule has 2 N–H and O–H groups in total. The van der Waals surface area contributed by atoms with E-state index < -0.39 is 38.6 Å². The summed E-state index contributed by atoms with van der Waals surface area (Å²) < 4.78 is 4.91. The van der Waals surface area contributed by atoms with Crippen molar-refractivity contribution in [3.05, 3.63) is 43.5 Å². The molecule has 2 amide bonds. The number of amides is 2. The van der Waals surface area contributed by atoms with E-state index in [1.807, 2.05) is 0 Å². The van der Waals surface area contributed by atoms with Crippen LogP contribution in [0.5, 0.6) is 5.75 Å². The minimum absolute atomic E-state index is 0.175. The number of nitrogens with zero attached hydrogens (tertiary/aromatic N) is 2. The topological polar surface area (TPSA) is 154 Å². The number of benzene rings is 1. The van der Waals surface area contributed by atoms with Gasteiger partial charge in [-0.3, -0.25) is 40.5 Å². The fourth-order valence-corrected chi connectivity index (χ4v) is 2.14. The highest BCUT2D eigenvalue weighted by atomic mass is 32.1. The van der Waals surface area contributed by atoms with Crippen LogP contribution in [0, 0.1) is 20.2 Å². The number of carbonyl (C=O) groups is 2. The van der Waals surface area contributed by atoms with E-state index in [9.17, 15) is 29.8 Å². The van der Waals surface area contributed by atoms with Crippen molar-refractivity contribution in [3.63, 3.8) is 0 Å². The van der Waals surface area contributed by atoms with E-state index in [1.165, 1.54) is 0 Å². The summed E-state index contributed by atoms with van der Waals surface area (Å²) in [5.74, 6) is -2.02. The molecule has 1 saturated heterocycles. The van der Waals surface area contributed by atoms with Crippen LogP contribution in [-0.4, -0.2) is 33.9 Å². The molecule has 124 valence electrons. The zero-order valence-corrected chi connectivity index (χ0v) is 12.7. The molecule has 1 fully saturated rings. The standard InChI is InChI=1S/C12H8N4O7S/c1-23-9-5(2-6(15(19)20)4-8(9)16(21)22)3-7-10(17)13-12(24)14-11(7)18/h2-4H,1H3,(H2,13,14,17,18,24). The number of ether oxygens (including phenoxy) is 1. The molecule has 11 nitrogen and oxygen atoms in total. The Morgan fingerprint density at radius 1 is 1.12 bits per heavy atom. The third-order valence-corrected chi connectivity index (χ3v) is 3.14. The van der Waals surface area contributed by atoms with Gasteiger partial charge in [-0.2, -0.15) is 0 Å². The number of nitrogens with one attached hydrogen (secondary N) is 2. The fourth-order valence-electron chi connectivity index (χ4n) is 1.95.